The summed E-state index contributed by atoms with van der Waals surface area (Å²) in [7, 11) is 0. The van der Waals surface area contributed by atoms with E-state index in [1.807, 2.05) is 0 Å². The van der Waals surface area contributed by atoms with Gasteiger partial charge < -0.3 is 14.2 Å². The maximum atomic E-state index is 14.5. The third kappa shape index (κ3) is 4.65. The summed E-state index contributed by atoms with van der Waals surface area (Å²) in [5.74, 6) is -1.97. The Hall–Kier alpha value is -2.85. The van der Waals surface area contributed by atoms with Crippen LogP contribution in [0.15, 0.2) is 47.1 Å². The number of pyridine rings is 1. The normalized spacial score (nSPS) is 11.9. The van der Waals surface area contributed by atoms with E-state index in [2.05, 4.69) is 26.0 Å². The van der Waals surface area contributed by atoms with Crippen molar-refractivity contribution in [3.63, 3.8) is 0 Å². The third-order valence-corrected chi connectivity index (χ3v) is 4.61. The van der Waals surface area contributed by atoms with E-state index in [-0.39, 0.29) is 24.8 Å². The number of hydrogen-bond donors (Lipinski definition) is 0. The van der Waals surface area contributed by atoms with Crippen molar-refractivity contribution in [2.75, 3.05) is 13.2 Å². The van der Waals surface area contributed by atoms with Crippen molar-refractivity contribution < 1.29 is 27.8 Å². The van der Waals surface area contributed by atoms with Gasteiger partial charge in [-0.2, -0.15) is 4.39 Å². The molecule has 3 aromatic rings. The minimum Gasteiger partial charge on any atom is -0.461 e. The Labute approximate surface area is 179 Å². The van der Waals surface area contributed by atoms with Crippen molar-refractivity contribution in [2.45, 2.75) is 20.1 Å². The maximum Gasteiger partial charge on any atom is 0.376 e. The maximum absolute atomic E-state index is 14.5. The van der Waals surface area contributed by atoms with Crippen LogP contribution in [-0.2, 0) is 14.3 Å². The lowest BCUT2D eigenvalue weighted by Gasteiger charge is -2.15. The molecule has 0 aliphatic carbocycles. The van der Waals surface area contributed by atoms with Crippen molar-refractivity contribution >= 4 is 21.9 Å². The lowest BCUT2D eigenvalue weighted by molar-refractivity contribution is -0.177. The molecule has 30 heavy (non-hydrogen) atoms. The van der Waals surface area contributed by atoms with Gasteiger partial charge in [-0.05, 0) is 54.0 Å². The number of esters is 1. The molecular formula is C20H18BrF2N3O4. The average Bonchev–Trinajstić information content (AvgIpc) is 3.05. The number of benzene rings is 1. The van der Waals surface area contributed by atoms with Gasteiger partial charge in [-0.25, -0.2) is 18.9 Å². The molecule has 2 heterocycles. The predicted molar refractivity (Wildman–Crippen MR) is 107 cm³/mol. The van der Waals surface area contributed by atoms with Crippen molar-refractivity contribution in [1.29, 1.82) is 0 Å². The predicted octanol–water partition coefficient (Wildman–Crippen LogP) is 4.28. The van der Waals surface area contributed by atoms with E-state index in [0.29, 0.717) is 15.7 Å². The number of para-hydroxylation sites is 1. The van der Waals surface area contributed by atoms with Crippen molar-refractivity contribution in [2.24, 2.45) is 0 Å². The van der Waals surface area contributed by atoms with Crippen molar-refractivity contribution in [3.05, 3.63) is 58.8 Å². The van der Waals surface area contributed by atoms with Gasteiger partial charge in [0.15, 0.2) is 0 Å². The molecule has 0 spiro atoms. The molecule has 0 saturated heterocycles. The Morgan fingerprint density at radius 1 is 1.17 bits per heavy atom. The number of nitrogens with zero attached hydrogens (tertiary/aromatic N) is 3. The summed E-state index contributed by atoms with van der Waals surface area (Å²) in [6.45, 7) is 3.68. The molecule has 0 saturated carbocycles. The topological polar surface area (TPSA) is 75.5 Å². The summed E-state index contributed by atoms with van der Waals surface area (Å²) in [4.78, 5) is 15.8. The lowest BCUT2D eigenvalue weighted by atomic mass is 10.2. The SMILES string of the molecule is CCOC(=O)C(OCC)Oc1nn(-c2ccccc2F)c(-c2ccc(F)nc2)c1Br. The fourth-order valence-electron chi connectivity index (χ4n) is 2.63. The van der Waals surface area contributed by atoms with Gasteiger partial charge in [0.2, 0.25) is 5.95 Å². The summed E-state index contributed by atoms with van der Waals surface area (Å²) in [6, 6.07) is 8.62. The van der Waals surface area contributed by atoms with E-state index in [1.54, 1.807) is 26.0 Å². The molecular weight excluding hydrogens is 464 g/mol. The molecule has 3 rings (SSSR count). The summed E-state index contributed by atoms with van der Waals surface area (Å²) < 4.78 is 45.3. The largest absolute Gasteiger partial charge is 0.461 e. The third-order valence-electron chi connectivity index (χ3n) is 3.90. The molecule has 10 heteroatoms. The first-order chi connectivity index (χ1) is 14.5. The zero-order valence-corrected chi connectivity index (χ0v) is 17.7. The number of carbonyl (C=O) groups is 1. The van der Waals surface area contributed by atoms with Gasteiger partial charge in [-0.15, -0.1) is 5.10 Å². The van der Waals surface area contributed by atoms with E-state index in [1.165, 1.54) is 35.1 Å². The molecule has 1 aromatic carbocycles. The van der Waals surface area contributed by atoms with Gasteiger partial charge in [0.25, 0.3) is 5.88 Å². The summed E-state index contributed by atoms with van der Waals surface area (Å²) in [5.41, 5.74) is 0.913. The second-order valence-electron chi connectivity index (χ2n) is 5.86. The number of rotatable bonds is 8. The molecule has 1 atom stereocenters. The number of halogens is 3. The van der Waals surface area contributed by atoms with Gasteiger partial charge in [0.05, 0.1) is 12.3 Å². The first-order valence-corrected chi connectivity index (χ1v) is 9.85. The molecule has 0 aliphatic rings. The Morgan fingerprint density at radius 3 is 2.57 bits per heavy atom. The van der Waals surface area contributed by atoms with E-state index in [0.717, 1.165) is 0 Å². The highest BCUT2D eigenvalue weighted by Gasteiger charge is 2.28. The van der Waals surface area contributed by atoms with Gasteiger partial charge >= 0.3 is 12.3 Å². The standard InChI is InChI=1S/C20H18BrF2N3O4/c1-3-28-19(27)20(29-4-2)30-18-16(21)17(12-9-10-15(23)24-11-12)26(25-18)14-8-6-5-7-13(14)22/h5-11,20H,3-4H2,1-2H3. The van der Waals surface area contributed by atoms with E-state index < -0.39 is 24.0 Å². The first-order valence-electron chi connectivity index (χ1n) is 9.06. The molecule has 0 fully saturated rings. The first kappa shape index (κ1) is 21.8. The van der Waals surface area contributed by atoms with Crippen LogP contribution in [0.5, 0.6) is 5.88 Å². The highest BCUT2D eigenvalue weighted by atomic mass is 79.9. The summed E-state index contributed by atoms with van der Waals surface area (Å²) in [5, 5.41) is 4.30. The molecule has 2 aromatic heterocycles. The van der Waals surface area contributed by atoms with E-state index >= 15 is 0 Å². The van der Waals surface area contributed by atoms with Crippen LogP contribution in [0.4, 0.5) is 8.78 Å². The molecule has 7 nitrogen and oxygen atoms in total. The van der Waals surface area contributed by atoms with Crippen LogP contribution < -0.4 is 4.74 Å². The van der Waals surface area contributed by atoms with Gasteiger partial charge in [0, 0.05) is 18.4 Å². The van der Waals surface area contributed by atoms with E-state index in [4.69, 9.17) is 14.2 Å². The second-order valence-corrected chi connectivity index (χ2v) is 6.65. The Bertz CT molecular complexity index is 1030. The van der Waals surface area contributed by atoms with Gasteiger partial charge in [-0.1, -0.05) is 12.1 Å². The number of aromatic nitrogens is 3. The summed E-state index contributed by atoms with van der Waals surface area (Å²) in [6.07, 6.45) is -0.0849. The Kier molecular flexibility index (Phi) is 7.11. The van der Waals surface area contributed by atoms with Crippen LogP contribution in [-0.4, -0.2) is 40.2 Å². The second kappa shape index (κ2) is 9.77. The number of hydrogen-bond acceptors (Lipinski definition) is 6. The smallest absolute Gasteiger partial charge is 0.376 e. The molecule has 0 aliphatic heterocycles. The molecule has 0 N–H and O–H groups in total. The molecule has 0 radical (unpaired) electrons. The zero-order valence-electron chi connectivity index (χ0n) is 16.1. The molecule has 158 valence electrons. The fourth-order valence-corrected chi connectivity index (χ4v) is 3.20. The highest BCUT2D eigenvalue weighted by Crippen LogP contribution is 2.38. The van der Waals surface area contributed by atoms with Gasteiger partial charge in [0.1, 0.15) is 16.0 Å². The van der Waals surface area contributed by atoms with Crippen molar-refractivity contribution in [3.8, 4) is 22.8 Å². The van der Waals surface area contributed by atoms with Crippen LogP contribution in [0.3, 0.4) is 0 Å². The van der Waals surface area contributed by atoms with Crippen LogP contribution in [0, 0.1) is 11.8 Å². The molecule has 1 unspecified atom stereocenters. The van der Waals surface area contributed by atoms with Crippen molar-refractivity contribution in [1.82, 2.24) is 14.8 Å². The molecule has 0 amide bonds. The average molecular weight is 482 g/mol. The zero-order chi connectivity index (χ0) is 21.7. The molecule has 0 bridgehead atoms. The number of ether oxygens (including phenoxy) is 3. The van der Waals surface area contributed by atoms with Crippen LogP contribution in [0.25, 0.3) is 16.9 Å². The van der Waals surface area contributed by atoms with Crippen LogP contribution in [0.2, 0.25) is 0 Å². The van der Waals surface area contributed by atoms with Gasteiger partial charge in [-0.3, -0.25) is 0 Å². The summed E-state index contributed by atoms with van der Waals surface area (Å²) >= 11 is 3.39. The quantitative estimate of drug-likeness (QED) is 0.271. The Balaban J connectivity index is 2.11. The fraction of sp³-hybridized carbons (Fsp3) is 0.250. The lowest BCUT2D eigenvalue weighted by Crippen LogP contribution is -2.32. The van der Waals surface area contributed by atoms with Crippen LogP contribution in [0.1, 0.15) is 13.8 Å². The number of carbonyl (C=O) groups excluding carboxylic acids is 1. The minimum atomic E-state index is -1.37. The minimum absolute atomic E-state index is 0.0379. The highest BCUT2D eigenvalue weighted by molar-refractivity contribution is 9.10. The van der Waals surface area contributed by atoms with E-state index in [9.17, 15) is 13.6 Å². The Morgan fingerprint density at radius 2 is 1.93 bits per heavy atom. The monoisotopic (exact) mass is 481 g/mol. The van der Waals surface area contributed by atoms with Crippen LogP contribution >= 0.6 is 15.9 Å².